The average molecular weight is 289 g/mol. The van der Waals surface area contributed by atoms with Crippen molar-refractivity contribution >= 4 is 24.3 Å². The molecule has 0 spiro atoms. The van der Waals surface area contributed by atoms with Gasteiger partial charge in [0.1, 0.15) is 6.54 Å². The summed E-state index contributed by atoms with van der Waals surface area (Å²) in [5.41, 5.74) is 1.86. The maximum absolute atomic E-state index is 11.7. The molecular formula is C15H19N3O3. The molecule has 0 atom stereocenters. The third-order valence-electron chi connectivity index (χ3n) is 2.54. The molecule has 6 nitrogen and oxygen atoms in total. The smallest absolute Gasteiger partial charge is 0.338 e. The number of hydrazone groups is 1. The van der Waals surface area contributed by atoms with Crippen LogP contribution in [0.5, 0.6) is 0 Å². The predicted molar refractivity (Wildman–Crippen MR) is 81.9 cm³/mol. The minimum Gasteiger partial charge on any atom is -0.465 e. The number of carbonyl (C=O) groups excluding carboxylic acids is 2. The number of carbonyl (C=O) groups is 2. The minimum atomic E-state index is -0.484. The number of hydrogen-bond donors (Lipinski definition) is 1. The third-order valence-corrected chi connectivity index (χ3v) is 2.54. The molecule has 1 rings (SSSR count). The van der Waals surface area contributed by atoms with Gasteiger partial charge in [-0.25, -0.2) is 9.80 Å². The second kappa shape index (κ2) is 8.52. The molecule has 21 heavy (non-hydrogen) atoms. The molecule has 0 aliphatic rings. The molecule has 0 saturated heterocycles. The molecule has 0 fully saturated rings. The summed E-state index contributed by atoms with van der Waals surface area (Å²) in [5, 5.41) is 7.51. The summed E-state index contributed by atoms with van der Waals surface area (Å²) in [6, 6.07) is 7.04. The Bertz CT molecular complexity index is 523. The van der Waals surface area contributed by atoms with Gasteiger partial charge in [0.2, 0.25) is 0 Å². The zero-order valence-corrected chi connectivity index (χ0v) is 12.2. The van der Waals surface area contributed by atoms with Crippen LogP contribution in [0, 0.1) is 0 Å². The van der Waals surface area contributed by atoms with Crippen molar-refractivity contribution in [3.8, 4) is 0 Å². The van der Waals surface area contributed by atoms with Crippen LogP contribution in [-0.2, 0) is 9.53 Å². The van der Waals surface area contributed by atoms with Crippen LogP contribution < -0.4 is 5.32 Å². The fourth-order valence-electron chi connectivity index (χ4n) is 1.40. The summed E-state index contributed by atoms with van der Waals surface area (Å²) in [7, 11) is 1.50. The first kappa shape index (κ1) is 16.4. The topological polar surface area (TPSA) is 71.0 Å². The fraction of sp³-hybridized carbons (Fsp3) is 0.267. The quantitative estimate of drug-likeness (QED) is 0.493. The summed E-state index contributed by atoms with van der Waals surface area (Å²) in [5.74, 6) is -0.483. The summed E-state index contributed by atoms with van der Waals surface area (Å²) in [6.45, 7) is 5.48. The zero-order chi connectivity index (χ0) is 15.7. The monoisotopic (exact) mass is 289 g/mol. The van der Waals surface area contributed by atoms with Gasteiger partial charge >= 0.3 is 12.0 Å². The number of amides is 2. The number of hydrogen-bond acceptors (Lipinski definition) is 4. The lowest BCUT2D eigenvalue weighted by Gasteiger charge is -2.11. The Morgan fingerprint density at radius 1 is 1.33 bits per heavy atom. The van der Waals surface area contributed by atoms with E-state index < -0.39 is 12.0 Å². The molecule has 1 aromatic rings. The van der Waals surface area contributed by atoms with Crippen molar-refractivity contribution in [3.05, 3.63) is 42.0 Å². The molecule has 1 aromatic carbocycles. The Balaban J connectivity index is 2.48. The predicted octanol–water partition coefficient (Wildman–Crippen LogP) is 1.87. The van der Waals surface area contributed by atoms with Gasteiger partial charge in [0.25, 0.3) is 0 Å². The maximum atomic E-state index is 11.7. The molecule has 0 saturated carbocycles. The second-order valence-corrected chi connectivity index (χ2v) is 4.10. The van der Waals surface area contributed by atoms with E-state index in [4.69, 9.17) is 4.74 Å². The average Bonchev–Trinajstić information content (AvgIpc) is 2.51. The SMILES string of the molecule is C=Cc1ccc(C=NN(C)C(=O)NCC(=O)OCC)cc1. The first-order valence-corrected chi connectivity index (χ1v) is 6.50. The number of nitrogens with zero attached hydrogens (tertiary/aromatic N) is 2. The normalized spacial score (nSPS) is 10.2. The lowest BCUT2D eigenvalue weighted by molar-refractivity contribution is -0.141. The van der Waals surface area contributed by atoms with Crippen LogP contribution in [0.2, 0.25) is 0 Å². The molecule has 112 valence electrons. The van der Waals surface area contributed by atoms with Crippen LogP contribution in [0.25, 0.3) is 6.08 Å². The molecular weight excluding hydrogens is 270 g/mol. The van der Waals surface area contributed by atoms with Crippen molar-refractivity contribution in [3.63, 3.8) is 0 Å². The van der Waals surface area contributed by atoms with Gasteiger partial charge in [-0.3, -0.25) is 4.79 Å². The highest BCUT2D eigenvalue weighted by Crippen LogP contribution is 2.03. The van der Waals surface area contributed by atoms with E-state index in [9.17, 15) is 9.59 Å². The highest BCUT2D eigenvalue weighted by atomic mass is 16.5. The van der Waals surface area contributed by atoms with E-state index in [1.165, 1.54) is 7.05 Å². The summed E-state index contributed by atoms with van der Waals surface area (Å²) < 4.78 is 4.70. The molecule has 0 aliphatic carbocycles. The van der Waals surface area contributed by atoms with Gasteiger partial charge in [-0.05, 0) is 18.1 Å². The minimum absolute atomic E-state index is 0.180. The first-order valence-electron chi connectivity index (χ1n) is 6.50. The molecule has 0 unspecified atom stereocenters. The van der Waals surface area contributed by atoms with Gasteiger partial charge < -0.3 is 10.1 Å². The Morgan fingerprint density at radius 3 is 2.52 bits per heavy atom. The standard InChI is InChI=1S/C15H19N3O3/c1-4-12-6-8-13(9-7-12)10-17-18(3)15(20)16-11-14(19)21-5-2/h4,6-10H,1,5,11H2,2-3H3,(H,16,20). The first-order chi connectivity index (χ1) is 10.1. The highest BCUT2D eigenvalue weighted by Gasteiger charge is 2.09. The molecule has 0 aromatic heterocycles. The van der Waals surface area contributed by atoms with Crippen molar-refractivity contribution in [2.45, 2.75) is 6.92 Å². The van der Waals surface area contributed by atoms with Crippen molar-refractivity contribution in [2.75, 3.05) is 20.2 Å². The third kappa shape index (κ3) is 5.90. The van der Waals surface area contributed by atoms with Crippen LogP contribution in [0.15, 0.2) is 35.9 Å². The van der Waals surface area contributed by atoms with E-state index in [1.807, 2.05) is 24.3 Å². The lowest BCUT2D eigenvalue weighted by Crippen LogP contribution is -2.37. The van der Waals surface area contributed by atoms with Gasteiger partial charge in [0, 0.05) is 7.05 Å². The number of nitrogens with one attached hydrogen (secondary N) is 1. The van der Waals surface area contributed by atoms with Crippen LogP contribution >= 0.6 is 0 Å². The molecule has 0 bridgehead atoms. The van der Waals surface area contributed by atoms with Gasteiger partial charge in [-0.1, -0.05) is 36.9 Å². The molecule has 0 aliphatic heterocycles. The Labute approximate surface area is 124 Å². The van der Waals surface area contributed by atoms with Gasteiger partial charge in [-0.15, -0.1) is 0 Å². The number of esters is 1. The van der Waals surface area contributed by atoms with Crippen LogP contribution in [0.3, 0.4) is 0 Å². The lowest BCUT2D eigenvalue weighted by atomic mass is 10.1. The summed E-state index contributed by atoms with van der Waals surface area (Å²) >= 11 is 0. The Hall–Kier alpha value is -2.63. The van der Waals surface area contributed by atoms with Crippen LogP contribution in [0.1, 0.15) is 18.1 Å². The highest BCUT2D eigenvalue weighted by molar-refractivity contribution is 5.83. The summed E-state index contributed by atoms with van der Waals surface area (Å²) in [6.07, 6.45) is 3.30. The Kier molecular flexibility index (Phi) is 6.67. The Morgan fingerprint density at radius 2 is 1.95 bits per heavy atom. The van der Waals surface area contributed by atoms with Crippen molar-refractivity contribution in [1.82, 2.24) is 10.3 Å². The number of rotatable bonds is 6. The van der Waals surface area contributed by atoms with E-state index in [1.54, 1.807) is 19.2 Å². The van der Waals surface area contributed by atoms with Crippen LogP contribution in [0.4, 0.5) is 4.79 Å². The molecule has 0 heterocycles. The van der Waals surface area contributed by atoms with Gasteiger partial charge in [0.15, 0.2) is 0 Å². The number of ether oxygens (including phenoxy) is 1. The van der Waals surface area contributed by atoms with Crippen molar-refractivity contribution < 1.29 is 14.3 Å². The van der Waals surface area contributed by atoms with Gasteiger partial charge in [-0.2, -0.15) is 5.10 Å². The van der Waals surface area contributed by atoms with Crippen molar-refractivity contribution in [2.24, 2.45) is 5.10 Å². The number of urea groups is 1. The molecule has 2 amide bonds. The molecule has 0 radical (unpaired) electrons. The van der Waals surface area contributed by atoms with E-state index in [0.717, 1.165) is 16.1 Å². The van der Waals surface area contributed by atoms with E-state index >= 15 is 0 Å². The van der Waals surface area contributed by atoms with E-state index in [0.29, 0.717) is 0 Å². The van der Waals surface area contributed by atoms with E-state index in [-0.39, 0.29) is 13.2 Å². The summed E-state index contributed by atoms with van der Waals surface area (Å²) in [4.78, 5) is 22.8. The van der Waals surface area contributed by atoms with Gasteiger partial charge in [0.05, 0.1) is 12.8 Å². The number of benzene rings is 1. The molecule has 1 N–H and O–H groups in total. The maximum Gasteiger partial charge on any atom is 0.338 e. The molecule has 6 heteroatoms. The zero-order valence-electron chi connectivity index (χ0n) is 12.2. The second-order valence-electron chi connectivity index (χ2n) is 4.10. The fourth-order valence-corrected chi connectivity index (χ4v) is 1.40. The van der Waals surface area contributed by atoms with E-state index in [2.05, 4.69) is 17.0 Å². The largest absolute Gasteiger partial charge is 0.465 e. The van der Waals surface area contributed by atoms with Crippen molar-refractivity contribution in [1.29, 1.82) is 0 Å². The van der Waals surface area contributed by atoms with Crippen LogP contribution in [-0.4, -0.2) is 43.4 Å².